The van der Waals surface area contributed by atoms with Crippen LogP contribution in [0.15, 0.2) is 35.0 Å². The van der Waals surface area contributed by atoms with E-state index in [2.05, 4.69) is 28.9 Å². The molecule has 2 rings (SSSR count). The zero-order chi connectivity index (χ0) is 12.3. The summed E-state index contributed by atoms with van der Waals surface area (Å²) in [5.41, 5.74) is 3.93. The van der Waals surface area contributed by atoms with Gasteiger partial charge in [-0.25, -0.2) is 0 Å². The van der Waals surface area contributed by atoms with Gasteiger partial charge >= 0.3 is 0 Å². The fourth-order valence-electron chi connectivity index (χ4n) is 2.15. The number of anilines is 1. The first kappa shape index (κ1) is 12.2. The second-order valence-electron chi connectivity index (χ2n) is 4.33. The Morgan fingerprint density at radius 1 is 1.53 bits per heavy atom. The van der Waals surface area contributed by atoms with E-state index in [1.165, 1.54) is 16.8 Å². The molecule has 1 aromatic rings. The summed E-state index contributed by atoms with van der Waals surface area (Å²) in [6, 6.07) is 6.14. The van der Waals surface area contributed by atoms with Crippen molar-refractivity contribution in [3.8, 4) is 0 Å². The number of fused-ring (bicyclic) bond motifs is 1. The van der Waals surface area contributed by atoms with Gasteiger partial charge in [-0.1, -0.05) is 11.6 Å². The molecule has 1 aliphatic rings. The van der Waals surface area contributed by atoms with E-state index in [-0.39, 0.29) is 0 Å². The molecule has 0 fully saturated rings. The van der Waals surface area contributed by atoms with Crippen LogP contribution in [0.4, 0.5) is 5.69 Å². The van der Waals surface area contributed by atoms with Crippen molar-refractivity contribution in [1.29, 1.82) is 0 Å². The lowest BCUT2D eigenvalue weighted by Crippen LogP contribution is -2.22. The molecule has 0 unspecified atom stereocenters. The van der Waals surface area contributed by atoms with Gasteiger partial charge in [-0.05, 0) is 49.6 Å². The van der Waals surface area contributed by atoms with E-state index in [1.54, 1.807) is 6.21 Å². The SMILES string of the molecule is C/C=N\C=C(/C)CN1CCc2cc(Cl)ccc21. The summed E-state index contributed by atoms with van der Waals surface area (Å²) < 4.78 is 0. The third kappa shape index (κ3) is 2.89. The van der Waals surface area contributed by atoms with Gasteiger partial charge in [-0.3, -0.25) is 4.99 Å². The highest BCUT2D eigenvalue weighted by Gasteiger charge is 2.18. The number of halogens is 1. The van der Waals surface area contributed by atoms with E-state index in [0.29, 0.717) is 0 Å². The predicted octanol–water partition coefficient (Wildman–Crippen LogP) is 3.70. The largest absolute Gasteiger partial charge is 0.367 e. The average Bonchev–Trinajstić information content (AvgIpc) is 2.69. The molecule has 2 nitrogen and oxygen atoms in total. The molecule has 90 valence electrons. The molecule has 1 aromatic carbocycles. The standard InChI is InChI=1S/C14H17ClN2/c1-3-16-9-11(2)10-17-7-6-12-8-13(15)4-5-14(12)17/h3-5,8-9H,6-7,10H2,1-2H3/b11-9+,16-3-. The Bertz CT molecular complexity index is 463. The van der Waals surface area contributed by atoms with Crippen LogP contribution in [0.1, 0.15) is 19.4 Å². The molecule has 0 radical (unpaired) electrons. The number of aliphatic imine (C=N–C) groups is 1. The Kier molecular flexibility index (Phi) is 3.85. The molecule has 0 N–H and O–H groups in total. The molecule has 0 bridgehead atoms. The Hall–Kier alpha value is -1.28. The molecular weight excluding hydrogens is 232 g/mol. The molecule has 0 aliphatic carbocycles. The molecular formula is C14H17ClN2. The van der Waals surface area contributed by atoms with Crippen LogP contribution in [0.3, 0.4) is 0 Å². The van der Waals surface area contributed by atoms with Crippen molar-refractivity contribution >= 4 is 23.5 Å². The fraction of sp³-hybridized carbons (Fsp3) is 0.357. The molecule has 1 aliphatic heterocycles. The highest BCUT2D eigenvalue weighted by atomic mass is 35.5. The lowest BCUT2D eigenvalue weighted by Gasteiger charge is -2.19. The minimum atomic E-state index is 0.827. The molecule has 17 heavy (non-hydrogen) atoms. The van der Waals surface area contributed by atoms with Crippen LogP contribution in [-0.4, -0.2) is 19.3 Å². The lowest BCUT2D eigenvalue weighted by atomic mass is 10.2. The highest BCUT2D eigenvalue weighted by Crippen LogP contribution is 2.30. The van der Waals surface area contributed by atoms with Crippen molar-refractivity contribution < 1.29 is 0 Å². The fourth-order valence-corrected chi connectivity index (χ4v) is 2.34. The summed E-state index contributed by atoms with van der Waals surface area (Å²) in [7, 11) is 0. The highest BCUT2D eigenvalue weighted by molar-refractivity contribution is 6.30. The van der Waals surface area contributed by atoms with Crippen molar-refractivity contribution in [3.63, 3.8) is 0 Å². The van der Waals surface area contributed by atoms with Gasteiger partial charge in [0, 0.05) is 36.2 Å². The van der Waals surface area contributed by atoms with Crippen molar-refractivity contribution in [2.24, 2.45) is 4.99 Å². The van der Waals surface area contributed by atoms with Gasteiger partial charge in [-0.15, -0.1) is 0 Å². The minimum absolute atomic E-state index is 0.827. The Labute approximate surface area is 108 Å². The first-order valence-corrected chi connectivity index (χ1v) is 6.25. The second-order valence-corrected chi connectivity index (χ2v) is 4.76. The van der Waals surface area contributed by atoms with E-state index in [0.717, 1.165) is 24.5 Å². The molecule has 0 aromatic heterocycles. The Morgan fingerprint density at radius 3 is 3.12 bits per heavy atom. The summed E-state index contributed by atoms with van der Waals surface area (Å²) >= 11 is 6.00. The van der Waals surface area contributed by atoms with Crippen LogP contribution in [0.25, 0.3) is 0 Å². The van der Waals surface area contributed by atoms with Gasteiger partial charge in [0.05, 0.1) is 0 Å². The third-order valence-electron chi connectivity index (χ3n) is 2.92. The Balaban J connectivity index is 2.12. The molecule has 3 heteroatoms. The van der Waals surface area contributed by atoms with Crippen LogP contribution < -0.4 is 4.90 Å². The lowest BCUT2D eigenvalue weighted by molar-refractivity contribution is 0.877. The van der Waals surface area contributed by atoms with E-state index in [1.807, 2.05) is 19.2 Å². The monoisotopic (exact) mass is 248 g/mol. The quantitative estimate of drug-likeness (QED) is 0.745. The molecule has 0 amide bonds. The average molecular weight is 249 g/mol. The van der Waals surface area contributed by atoms with Gasteiger partial charge in [-0.2, -0.15) is 0 Å². The van der Waals surface area contributed by atoms with Crippen LogP contribution in [-0.2, 0) is 6.42 Å². The van der Waals surface area contributed by atoms with Gasteiger partial charge in [0.2, 0.25) is 0 Å². The summed E-state index contributed by atoms with van der Waals surface area (Å²) in [6.45, 7) is 6.04. The molecule has 1 heterocycles. The first-order valence-electron chi connectivity index (χ1n) is 5.87. The number of rotatable bonds is 3. The summed E-state index contributed by atoms with van der Waals surface area (Å²) in [4.78, 5) is 6.53. The van der Waals surface area contributed by atoms with Crippen LogP contribution in [0.5, 0.6) is 0 Å². The summed E-state index contributed by atoms with van der Waals surface area (Å²) in [6.07, 6.45) is 4.81. The normalized spacial score (nSPS) is 15.7. The van der Waals surface area contributed by atoms with Crippen LogP contribution >= 0.6 is 11.6 Å². The maximum absolute atomic E-state index is 6.00. The van der Waals surface area contributed by atoms with Gasteiger partial charge < -0.3 is 4.90 Å². The van der Waals surface area contributed by atoms with E-state index in [9.17, 15) is 0 Å². The molecule has 0 saturated carbocycles. The number of hydrogen-bond donors (Lipinski definition) is 0. The van der Waals surface area contributed by atoms with Crippen molar-refractivity contribution in [3.05, 3.63) is 40.6 Å². The zero-order valence-electron chi connectivity index (χ0n) is 10.3. The number of nitrogens with zero attached hydrogens (tertiary/aromatic N) is 2. The van der Waals surface area contributed by atoms with E-state index < -0.39 is 0 Å². The summed E-state index contributed by atoms with van der Waals surface area (Å²) in [5.74, 6) is 0. The smallest absolute Gasteiger partial charge is 0.0410 e. The zero-order valence-corrected chi connectivity index (χ0v) is 11.0. The van der Waals surface area contributed by atoms with Gasteiger partial charge in [0.15, 0.2) is 0 Å². The van der Waals surface area contributed by atoms with Crippen LogP contribution in [0.2, 0.25) is 5.02 Å². The molecule has 0 atom stereocenters. The molecule has 0 spiro atoms. The number of benzene rings is 1. The minimum Gasteiger partial charge on any atom is -0.367 e. The molecule has 0 saturated heterocycles. The predicted molar refractivity (Wildman–Crippen MR) is 75.3 cm³/mol. The van der Waals surface area contributed by atoms with Crippen LogP contribution in [0, 0.1) is 0 Å². The number of hydrogen-bond acceptors (Lipinski definition) is 2. The maximum atomic E-state index is 6.00. The second kappa shape index (κ2) is 5.37. The summed E-state index contributed by atoms with van der Waals surface area (Å²) in [5, 5.41) is 0.827. The van der Waals surface area contributed by atoms with Crippen molar-refractivity contribution in [1.82, 2.24) is 0 Å². The van der Waals surface area contributed by atoms with Gasteiger partial charge in [0.1, 0.15) is 0 Å². The third-order valence-corrected chi connectivity index (χ3v) is 3.15. The van der Waals surface area contributed by atoms with E-state index >= 15 is 0 Å². The van der Waals surface area contributed by atoms with E-state index in [4.69, 9.17) is 11.6 Å². The van der Waals surface area contributed by atoms with Crippen molar-refractivity contribution in [2.75, 3.05) is 18.0 Å². The topological polar surface area (TPSA) is 15.6 Å². The maximum Gasteiger partial charge on any atom is 0.0410 e. The Morgan fingerprint density at radius 2 is 2.35 bits per heavy atom. The first-order chi connectivity index (χ1) is 8.20. The van der Waals surface area contributed by atoms with Crippen molar-refractivity contribution in [2.45, 2.75) is 20.3 Å². The van der Waals surface area contributed by atoms with Gasteiger partial charge in [0.25, 0.3) is 0 Å².